The molecule has 3 nitrogen and oxygen atoms in total. The van der Waals surface area contributed by atoms with Crippen LogP contribution in [0.4, 0.5) is 10.1 Å². The number of likely N-dealkylation sites (tertiary alicyclic amines) is 1. The Balaban J connectivity index is 2.14. The van der Waals surface area contributed by atoms with Crippen LogP contribution in [0, 0.1) is 17.2 Å². The molecule has 1 unspecified atom stereocenters. The number of rotatable bonds is 1. The van der Waals surface area contributed by atoms with Gasteiger partial charge in [0.25, 0.3) is 5.91 Å². The highest BCUT2D eigenvalue weighted by Crippen LogP contribution is 2.34. The third-order valence-electron chi connectivity index (χ3n) is 3.94. The van der Waals surface area contributed by atoms with Gasteiger partial charge < -0.3 is 10.6 Å². The van der Waals surface area contributed by atoms with E-state index in [2.05, 4.69) is 20.8 Å². The lowest BCUT2D eigenvalue weighted by Crippen LogP contribution is -2.31. The predicted molar refractivity (Wildman–Crippen MR) is 74.3 cm³/mol. The van der Waals surface area contributed by atoms with Gasteiger partial charge in [-0.1, -0.05) is 20.8 Å². The number of nitrogen functional groups attached to an aromatic ring is 1. The maximum atomic E-state index is 13.0. The molecule has 0 aliphatic carbocycles. The highest BCUT2D eigenvalue weighted by molar-refractivity contribution is 5.99. The zero-order valence-electron chi connectivity index (χ0n) is 11.7. The smallest absolute Gasteiger partial charge is 0.255 e. The molecule has 1 aliphatic rings. The van der Waals surface area contributed by atoms with Crippen molar-refractivity contribution in [3.05, 3.63) is 29.6 Å². The fourth-order valence-electron chi connectivity index (χ4n) is 2.55. The third kappa shape index (κ3) is 2.88. The summed E-state index contributed by atoms with van der Waals surface area (Å²) >= 11 is 0. The Hall–Kier alpha value is -1.58. The van der Waals surface area contributed by atoms with Crippen molar-refractivity contribution in [1.82, 2.24) is 4.90 Å². The van der Waals surface area contributed by atoms with E-state index >= 15 is 0 Å². The van der Waals surface area contributed by atoms with Crippen LogP contribution in [0.2, 0.25) is 0 Å². The first kappa shape index (κ1) is 13.8. The van der Waals surface area contributed by atoms with Crippen LogP contribution in [0.3, 0.4) is 0 Å². The quantitative estimate of drug-likeness (QED) is 0.793. The third-order valence-corrected chi connectivity index (χ3v) is 3.94. The number of anilines is 1. The standard InChI is InChI=1S/C15H21FN2O/c1-15(2,3)10-6-7-18(9-10)14(19)12-5-4-11(16)8-13(12)17/h4-5,8,10H,6-7,9,17H2,1-3H3. The molecule has 0 radical (unpaired) electrons. The molecule has 2 N–H and O–H groups in total. The minimum Gasteiger partial charge on any atom is -0.398 e. The van der Waals surface area contributed by atoms with Crippen molar-refractivity contribution < 1.29 is 9.18 Å². The molecule has 1 amide bonds. The van der Waals surface area contributed by atoms with Crippen LogP contribution in [0.5, 0.6) is 0 Å². The molecule has 1 heterocycles. The van der Waals surface area contributed by atoms with Crippen LogP contribution in [-0.2, 0) is 0 Å². The van der Waals surface area contributed by atoms with Crippen LogP contribution in [0.1, 0.15) is 37.6 Å². The van der Waals surface area contributed by atoms with E-state index in [1.807, 2.05) is 4.90 Å². The second kappa shape index (κ2) is 4.83. The van der Waals surface area contributed by atoms with E-state index in [0.717, 1.165) is 19.5 Å². The van der Waals surface area contributed by atoms with E-state index in [9.17, 15) is 9.18 Å². The van der Waals surface area contributed by atoms with Gasteiger partial charge >= 0.3 is 0 Å². The van der Waals surface area contributed by atoms with Gasteiger partial charge in [-0.2, -0.15) is 0 Å². The Morgan fingerprint density at radius 1 is 1.42 bits per heavy atom. The minimum atomic E-state index is -0.414. The van der Waals surface area contributed by atoms with Gasteiger partial charge in [-0.15, -0.1) is 0 Å². The van der Waals surface area contributed by atoms with Crippen molar-refractivity contribution in [1.29, 1.82) is 0 Å². The van der Waals surface area contributed by atoms with Gasteiger partial charge in [0.05, 0.1) is 5.56 Å². The summed E-state index contributed by atoms with van der Waals surface area (Å²) in [6, 6.07) is 3.95. The normalized spacial score (nSPS) is 19.8. The molecule has 19 heavy (non-hydrogen) atoms. The molecule has 2 rings (SSSR count). The van der Waals surface area contributed by atoms with Gasteiger partial charge in [0.15, 0.2) is 0 Å². The lowest BCUT2D eigenvalue weighted by Gasteiger charge is -2.27. The zero-order valence-corrected chi connectivity index (χ0v) is 11.7. The summed E-state index contributed by atoms with van der Waals surface area (Å²) in [5, 5.41) is 0. The van der Waals surface area contributed by atoms with Crippen molar-refractivity contribution in [2.24, 2.45) is 11.3 Å². The molecule has 0 bridgehead atoms. The highest BCUT2D eigenvalue weighted by Gasteiger charge is 2.34. The van der Waals surface area contributed by atoms with Crippen molar-refractivity contribution in [2.75, 3.05) is 18.8 Å². The number of carbonyl (C=O) groups excluding carboxylic acids is 1. The molecule has 4 heteroatoms. The molecular weight excluding hydrogens is 243 g/mol. The van der Waals surface area contributed by atoms with Gasteiger partial charge in [-0.25, -0.2) is 4.39 Å². The first-order chi connectivity index (χ1) is 8.79. The summed E-state index contributed by atoms with van der Waals surface area (Å²) in [5.74, 6) is -0.00888. The second-order valence-electron chi connectivity index (χ2n) is 6.33. The highest BCUT2D eigenvalue weighted by atomic mass is 19.1. The summed E-state index contributed by atoms with van der Waals surface area (Å²) in [6.07, 6.45) is 1.01. The van der Waals surface area contributed by atoms with Crippen LogP contribution < -0.4 is 5.73 Å². The lowest BCUT2D eigenvalue weighted by molar-refractivity contribution is 0.0777. The molecule has 1 aromatic rings. The van der Waals surface area contributed by atoms with Crippen molar-refractivity contribution in [2.45, 2.75) is 27.2 Å². The van der Waals surface area contributed by atoms with Crippen LogP contribution in [0.25, 0.3) is 0 Å². The zero-order chi connectivity index (χ0) is 14.2. The second-order valence-corrected chi connectivity index (χ2v) is 6.33. The Kier molecular flexibility index (Phi) is 3.52. The Morgan fingerprint density at radius 3 is 2.63 bits per heavy atom. The molecule has 1 aliphatic heterocycles. The van der Waals surface area contributed by atoms with Gasteiger partial charge in [0.2, 0.25) is 0 Å². The van der Waals surface area contributed by atoms with E-state index in [0.29, 0.717) is 11.5 Å². The molecule has 104 valence electrons. The van der Waals surface area contributed by atoms with Crippen molar-refractivity contribution >= 4 is 11.6 Å². The maximum absolute atomic E-state index is 13.0. The average molecular weight is 264 g/mol. The van der Waals surface area contributed by atoms with Gasteiger partial charge in [-0.3, -0.25) is 4.79 Å². The number of carbonyl (C=O) groups is 1. The number of halogens is 1. The van der Waals surface area contributed by atoms with E-state index in [-0.39, 0.29) is 17.0 Å². The monoisotopic (exact) mass is 264 g/mol. The summed E-state index contributed by atoms with van der Waals surface area (Å²) in [7, 11) is 0. The first-order valence-electron chi connectivity index (χ1n) is 6.63. The number of benzene rings is 1. The average Bonchev–Trinajstić information content (AvgIpc) is 2.76. The largest absolute Gasteiger partial charge is 0.398 e. The van der Waals surface area contributed by atoms with Crippen LogP contribution in [0.15, 0.2) is 18.2 Å². The number of nitrogens with two attached hydrogens (primary N) is 1. The molecular formula is C15H21FN2O. The van der Waals surface area contributed by atoms with Gasteiger partial charge in [0.1, 0.15) is 5.82 Å². The predicted octanol–water partition coefficient (Wildman–Crippen LogP) is 2.92. The molecule has 0 spiro atoms. The summed E-state index contributed by atoms with van der Waals surface area (Å²) in [5.41, 5.74) is 6.53. The summed E-state index contributed by atoms with van der Waals surface area (Å²) < 4.78 is 13.0. The van der Waals surface area contributed by atoms with E-state index in [1.165, 1.54) is 18.2 Å². The first-order valence-corrected chi connectivity index (χ1v) is 6.63. The fraction of sp³-hybridized carbons (Fsp3) is 0.533. The number of hydrogen-bond donors (Lipinski definition) is 1. The van der Waals surface area contributed by atoms with Crippen LogP contribution >= 0.6 is 0 Å². The molecule has 1 saturated heterocycles. The lowest BCUT2D eigenvalue weighted by atomic mass is 9.80. The maximum Gasteiger partial charge on any atom is 0.255 e. The number of nitrogens with zero attached hydrogens (tertiary/aromatic N) is 1. The number of amides is 1. The molecule has 1 aromatic carbocycles. The van der Waals surface area contributed by atoms with E-state index in [1.54, 1.807) is 0 Å². The minimum absolute atomic E-state index is 0.0933. The Bertz CT molecular complexity index is 493. The van der Waals surface area contributed by atoms with Gasteiger partial charge in [-0.05, 0) is 36.0 Å². The SMILES string of the molecule is CC(C)(C)C1CCN(C(=O)c2ccc(F)cc2N)C1. The van der Waals surface area contributed by atoms with Crippen LogP contribution in [-0.4, -0.2) is 23.9 Å². The Labute approximate surface area is 113 Å². The van der Waals surface area contributed by atoms with E-state index in [4.69, 9.17) is 5.73 Å². The molecule has 0 saturated carbocycles. The Morgan fingerprint density at radius 2 is 2.11 bits per heavy atom. The van der Waals surface area contributed by atoms with Gasteiger partial charge in [0, 0.05) is 18.8 Å². The summed E-state index contributed by atoms with van der Waals surface area (Å²) in [4.78, 5) is 14.2. The fourth-order valence-corrected chi connectivity index (χ4v) is 2.55. The van der Waals surface area contributed by atoms with E-state index < -0.39 is 5.82 Å². The molecule has 1 atom stereocenters. The summed E-state index contributed by atoms with van der Waals surface area (Å²) in [6.45, 7) is 8.07. The number of hydrogen-bond acceptors (Lipinski definition) is 2. The van der Waals surface area contributed by atoms with Crippen molar-refractivity contribution in [3.63, 3.8) is 0 Å². The topological polar surface area (TPSA) is 46.3 Å². The molecule has 0 aromatic heterocycles. The molecule has 1 fully saturated rings. The van der Waals surface area contributed by atoms with Crippen molar-refractivity contribution in [3.8, 4) is 0 Å².